The van der Waals surface area contributed by atoms with Crippen molar-refractivity contribution in [3.8, 4) is 5.88 Å². The lowest BCUT2D eigenvalue weighted by Gasteiger charge is -2.07. The molecule has 2 rings (SSSR count). The number of benzene rings is 1. The van der Waals surface area contributed by atoms with Crippen LogP contribution in [0.3, 0.4) is 0 Å². The van der Waals surface area contributed by atoms with Crippen LogP contribution in [0.25, 0.3) is 0 Å². The van der Waals surface area contributed by atoms with Crippen molar-refractivity contribution in [3.05, 3.63) is 40.0 Å². The van der Waals surface area contributed by atoms with Crippen molar-refractivity contribution in [2.75, 3.05) is 12.4 Å². The second kappa shape index (κ2) is 6.09. The number of aromatic nitrogens is 2. The van der Waals surface area contributed by atoms with Gasteiger partial charge in [-0.3, -0.25) is 4.79 Å². The summed E-state index contributed by atoms with van der Waals surface area (Å²) in [6.45, 7) is 1.83. The minimum atomic E-state index is -0.0956. The normalized spacial score (nSPS) is 10.4. The summed E-state index contributed by atoms with van der Waals surface area (Å²) in [5, 5.41) is 7.08. The number of ether oxygens (including phenoxy) is 1. The van der Waals surface area contributed by atoms with E-state index in [1.165, 1.54) is 0 Å². The highest BCUT2D eigenvalue weighted by Crippen LogP contribution is 2.27. The number of rotatable bonds is 4. The molecule has 0 aliphatic carbocycles. The van der Waals surface area contributed by atoms with Gasteiger partial charge >= 0.3 is 0 Å². The predicted octanol–water partition coefficient (Wildman–Crippen LogP) is 2.68. The van der Waals surface area contributed by atoms with E-state index < -0.39 is 0 Å². The molecule has 1 heterocycles. The van der Waals surface area contributed by atoms with E-state index in [0.717, 1.165) is 15.7 Å². The maximum atomic E-state index is 12.1. The highest BCUT2D eigenvalue weighted by Gasteiger charge is 2.16. The molecule has 6 heteroatoms. The maximum Gasteiger partial charge on any atom is 0.236 e. The molecule has 0 bridgehead atoms. The molecule has 0 spiro atoms. The van der Waals surface area contributed by atoms with Gasteiger partial charge in [0.15, 0.2) is 0 Å². The molecular formula is C14H16BrN3O2. The third-order valence-electron chi connectivity index (χ3n) is 2.91. The van der Waals surface area contributed by atoms with E-state index in [2.05, 4.69) is 26.3 Å². The van der Waals surface area contributed by atoms with Crippen molar-refractivity contribution in [1.29, 1.82) is 0 Å². The number of aryl methyl sites for hydroxylation is 2. The number of methoxy groups -OCH3 is 1. The van der Waals surface area contributed by atoms with Gasteiger partial charge in [0.25, 0.3) is 0 Å². The Hall–Kier alpha value is -1.82. The van der Waals surface area contributed by atoms with Gasteiger partial charge in [-0.1, -0.05) is 28.1 Å². The third kappa shape index (κ3) is 3.19. The van der Waals surface area contributed by atoms with E-state index in [1.807, 2.05) is 31.2 Å². The van der Waals surface area contributed by atoms with Gasteiger partial charge in [-0.05, 0) is 24.6 Å². The summed E-state index contributed by atoms with van der Waals surface area (Å²) in [5.74, 6) is 0.452. The van der Waals surface area contributed by atoms with Crippen LogP contribution < -0.4 is 10.1 Å². The number of nitrogens with one attached hydrogen (secondary N) is 1. The fourth-order valence-corrected chi connectivity index (χ4v) is 2.25. The zero-order valence-electron chi connectivity index (χ0n) is 11.6. The first-order valence-corrected chi connectivity index (χ1v) is 6.92. The molecule has 1 aromatic carbocycles. The van der Waals surface area contributed by atoms with Crippen molar-refractivity contribution >= 4 is 27.5 Å². The van der Waals surface area contributed by atoms with Gasteiger partial charge in [0.1, 0.15) is 5.69 Å². The molecule has 0 saturated carbocycles. The van der Waals surface area contributed by atoms with E-state index in [9.17, 15) is 4.79 Å². The fourth-order valence-electron chi connectivity index (χ4n) is 1.99. The molecule has 5 nitrogen and oxygen atoms in total. The topological polar surface area (TPSA) is 56.1 Å². The number of nitrogens with zero attached hydrogens (tertiary/aromatic N) is 2. The Kier molecular flexibility index (Phi) is 4.44. The predicted molar refractivity (Wildman–Crippen MR) is 81.0 cm³/mol. The fraction of sp³-hybridized carbons (Fsp3) is 0.286. The Morgan fingerprint density at radius 1 is 1.40 bits per heavy atom. The maximum absolute atomic E-state index is 12.1. The average Bonchev–Trinajstić information content (AvgIpc) is 2.66. The Morgan fingerprint density at radius 2 is 2.05 bits per heavy atom. The van der Waals surface area contributed by atoms with Crippen LogP contribution in [0, 0.1) is 6.92 Å². The van der Waals surface area contributed by atoms with Gasteiger partial charge in [-0.25, -0.2) is 4.68 Å². The van der Waals surface area contributed by atoms with Crippen molar-refractivity contribution in [2.45, 2.75) is 13.3 Å². The van der Waals surface area contributed by atoms with E-state index in [0.29, 0.717) is 18.0 Å². The summed E-state index contributed by atoms with van der Waals surface area (Å²) in [5.41, 5.74) is 2.30. The Morgan fingerprint density at radius 3 is 2.65 bits per heavy atom. The first kappa shape index (κ1) is 14.6. The monoisotopic (exact) mass is 337 g/mol. The highest BCUT2D eigenvalue weighted by molar-refractivity contribution is 9.10. The third-order valence-corrected chi connectivity index (χ3v) is 3.43. The number of halogens is 1. The van der Waals surface area contributed by atoms with Gasteiger partial charge in [-0.15, -0.1) is 0 Å². The SMILES string of the molecule is COc1c(NC(=O)Cc2ccc(Br)cc2)c(C)nn1C. The largest absolute Gasteiger partial charge is 0.480 e. The Bertz CT molecular complexity index is 620. The van der Waals surface area contributed by atoms with Crippen LogP contribution >= 0.6 is 15.9 Å². The molecule has 0 aliphatic rings. The number of hydrogen-bond acceptors (Lipinski definition) is 3. The second-order valence-corrected chi connectivity index (χ2v) is 5.36. The van der Waals surface area contributed by atoms with Crippen LogP contribution in [-0.4, -0.2) is 22.8 Å². The molecule has 0 aliphatic heterocycles. The summed E-state index contributed by atoms with van der Waals surface area (Å²) >= 11 is 3.37. The van der Waals surface area contributed by atoms with E-state index >= 15 is 0 Å². The number of amides is 1. The summed E-state index contributed by atoms with van der Waals surface area (Å²) in [7, 11) is 3.33. The number of carbonyl (C=O) groups excluding carboxylic acids is 1. The minimum absolute atomic E-state index is 0.0956. The van der Waals surface area contributed by atoms with Crippen LogP contribution in [0.4, 0.5) is 5.69 Å². The first-order chi connectivity index (χ1) is 9.51. The number of carbonyl (C=O) groups is 1. The molecule has 1 N–H and O–H groups in total. The molecule has 0 saturated heterocycles. The van der Waals surface area contributed by atoms with Crippen molar-refractivity contribution in [2.24, 2.45) is 7.05 Å². The molecule has 2 aromatic rings. The molecule has 20 heavy (non-hydrogen) atoms. The van der Waals surface area contributed by atoms with Crippen LogP contribution in [0.2, 0.25) is 0 Å². The van der Waals surface area contributed by atoms with Crippen LogP contribution in [0.5, 0.6) is 5.88 Å². The van der Waals surface area contributed by atoms with Gasteiger partial charge < -0.3 is 10.1 Å². The number of anilines is 1. The van der Waals surface area contributed by atoms with Crippen LogP contribution in [-0.2, 0) is 18.3 Å². The van der Waals surface area contributed by atoms with E-state index in [1.54, 1.807) is 18.8 Å². The zero-order chi connectivity index (χ0) is 14.7. The lowest BCUT2D eigenvalue weighted by atomic mass is 10.1. The minimum Gasteiger partial charge on any atom is -0.480 e. The molecule has 1 amide bonds. The average molecular weight is 338 g/mol. The molecule has 106 valence electrons. The summed E-state index contributed by atoms with van der Waals surface area (Å²) in [4.78, 5) is 12.1. The smallest absolute Gasteiger partial charge is 0.236 e. The first-order valence-electron chi connectivity index (χ1n) is 6.13. The Balaban J connectivity index is 2.10. The van der Waals surface area contributed by atoms with Crippen molar-refractivity contribution in [3.63, 3.8) is 0 Å². The zero-order valence-corrected chi connectivity index (χ0v) is 13.2. The van der Waals surface area contributed by atoms with Gasteiger partial charge in [-0.2, -0.15) is 5.10 Å². The van der Waals surface area contributed by atoms with Crippen LogP contribution in [0.1, 0.15) is 11.3 Å². The van der Waals surface area contributed by atoms with Crippen LogP contribution in [0.15, 0.2) is 28.7 Å². The highest BCUT2D eigenvalue weighted by atomic mass is 79.9. The standard InChI is InChI=1S/C14H16BrN3O2/c1-9-13(14(20-3)18(2)17-9)16-12(19)8-10-4-6-11(15)7-5-10/h4-7H,8H2,1-3H3,(H,16,19). The molecular weight excluding hydrogens is 322 g/mol. The van der Waals surface area contributed by atoms with E-state index in [-0.39, 0.29) is 5.91 Å². The molecule has 0 fully saturated rings. The molecule has 0 unspecified atom stereocenters. The summed E-state index contributed by atoms with van der Waals surface area (Å²) in [6, 6.07) is 7.66. The van der Waals surface area contributed by atoms with Crippen molar-refractivity contribution < 1.29 is 9.53 Å². The molecule has 1 aromatic heterocycles. The quantitative estimate of drug-likeness (QED) is 0.933. The Labute approximate surface area is 126 Å². The second-order valence-electron chi connectivity index (χ2n) is 4.44. The van der Waals surface area contributed by atoms with Gasteiger partial charge in [0.2, 0.25) is 11.8 Å². The molecule has 0 atom stereocenters. The summed E-state index contributed by atoms with van der Waals surface area (Å²) < 4.78 is 7.84. The summed E-state index contributed by atoms with van der Waals surface area (Å²) in [6.07, 6.45) is 0.310. The van der Waals surface area contributed by atoms with Crippen molar-refractivity contribution in [1.82, 2.24) is 9.78 Å². The van der Waals surface area contributed by atoms with Gasteiger partial charge in [0.05, 0.1) is 19.2 Å². The van der Waals surface area contributed by atoms with E-state index in [4.69, 9.17) is 4.74 Å². The lowest BCUT2D eigenvalue weighted by Crippen LogP contribution is -2.15. The lowest BCUT2D eigenvalue weighted by molar-refractivity contribution is -0.115. The number of hydrogen-bond donors (Lipinski definition) is 1. The molecule has 0 radical (unpaired) electrons. The van der Waals surface area contributed by atoms with Gasteiger partial charge in [0, 0.05) is 11.5 Å².